The van der Waals surface area contributed by atoms with E-state index in [2.05, 4.69) is 6.92 Å². The highest BCUT2D eigenvalue weighted by atomic mass is 16.3. The Morgan fingerprint density at radius 2 is 2.00 bits per heavy atom. The SMILES string of the molecule is CCCc1c2ccc(=N)cc-2oc2cc(N)ccc12. The summed E-state index contributed by atoms with van der Waals surface area (Å²) in [7, 11) is 0. The molecule has 0 fully saturated rings. The van der Waals surface area contributed by atoms with E-state index in [1.807, 2.05) is 24.3 Å². The highest BCUT2D eigenvalue weighted by Crippen LogP contribution is 2.34. The summed E-state index contributed by atoms with van der Waals surface area (Å²) in [4.78, 5) is 0. The van der Waals surface area contributed by atoms with Crippen molar-refractivity contribution in [1.29, 1.82) is 5.41 Å². The molecule has 19 heavy (non-hydrogen) atoms. The third kappa shape index (κ3) is 1.97. The van der Waals surface area contributed by atoms with Crippen LogP contribution in [0.3, 0.4) is 0 Å². The normalized spacial score (nSPS) is 11.2. The molecule has 1 aliphatic heterocycles. The van der Waals surface area contributed by atoms with Gasteiger partial charge >= 0.3 is 0 Å². The zero-order valence-corrected chi connectivity index (χ0v) is 10.9. The van der Waals surface area contributed by atoms with Crippen molar-refractivity contribution in [3.63, 3.8) is 0 Å². The summed E-state index contributed by atoms with van der Waals surface area (Å²) in [6, 6.07) is 11.3. The minimum absolute atomic E-state index is 0.460. The number of benzene rings is 2. The van der Waals surface area contributed by atoms with E-state index in [1.165, 1.54) is 5.56 Å². The monoisotopic (exact) mass is 252 g/mol. The number of nitrogens with two attached hydrogens (primary N) is 1. The molecule has 0 bridgehead atoms. The number of anilines is 1. The van der Waals surface area contributed by atoms with E-state index < -0.39 is 0 Å². The predicted octanol–water partition coefficient (Wildman–Crippen LogP) is 3.55. The molecule has 2 aliphatic rings. The van der Waals surface area contributed by atoms with E-state index in [1.54, 1.807) is 12.1 Å². The lowest BCUT2D eigenvalue weighted by Crippen LogP contribution is -2.01. The van der Waals surface area contributed by atoms with Crippen molar-refractivity contribution in [3.05, 3.63) is 47.3 Å². The standard InChI is InChI=1S/C16H16N2O/c1-2-3-12-13-6-4-10(17)8-15(13)19-16-9-11(18)5-7-14(12)16/h4-9,17H,2-3,18H2,1H3. The fourth-order valence-corrected chi connectivity index (χ4v) is 2.51. The first-order chi connectivity index (χ1) is 9.19. The third-order valence-electron chi connectivity index (χ3n) is 3.36. The number of fused-ring (bicyclic) bond motifs is 2. The molecular weight excluding hydrogens is 236 g/mol. The molecule has 3 heteroatoms. The molecule has 0 radical (unpaired) electrons. The van der Waals surface area contributed by atoms with E-state index in [9.17, 15) is 0 Å². The van der Waals surface area contributed by atoms with Crippen LogP contribution in [0.1, 0.15) is 18.9 Å². The quantitative estimate of drug-likeness (QED) is 0.541. The molecule has 0 saturated heterocycles. The van der Waals surface area contributed by atoms with Crippen molar-refractivity contribution in [2.75, 3.05) is 5.73 Å². The average Bonchev–Trinajstić information content (AvgIpc) is 2.37. The Morgan fingerprint density at radius 3 is 2.79 bits per heavy atom. The van der Waals surface area contributed by atoms with Crippen LogP contribution in [0.5, 0.6) is 0 Å². The minimum atomic E-state index is 0.460. The topological polar surface area (TPSA) is 63.0 Å². The number of aryl methyl sites for hydroxylation is 1. The Morgan fingerprint density at radius 1 is 1.16 bits per heavy atom. The van der Waals surface area contributed by atoms with Crippen LogP contribution >= 0.6 is 0 Å². The Bertz CT molecular complexity index is 773. The lowest BCUT2D eigenvalue weighted by Gasteiger charge is -2.14. The van der Waals surface area contributed by atoms with Gasteiger partial charge in [0, 0.05) is 28.8 Å². The molecule has 0 amide bonds. The molecule has 3 nitrogen and oxygen atoms in total. The Kier molecular flexibility index (Phi) is 2.75. The highest BCUT2D eigenvalue weighted by Gasteiger charge is 2.14. The number of hydrogen-bond donors (Lipinski definition) is 2. The van der Waals surface area contributed by atoms with Crippen molar-refractivity contribution in [3.8, 4) is 11.3 Å². The molecule has 1 heterocycles. The molecule has 0 saturated carbocycles. The van der Waals surface area contributed by atoms with Crippen LogP contribution in [0.2, 0.25) is 0 Å². The number of rotatable bonds is 2. The first kappa shape index (κ1) is 11.8. The average molecular weight is 252 g/mol. The van der Waals surface area contributed by atoms with Gasteiger partial charge in [0.25, 0.3) is 0 Å². The summed E-state index contributed by atoms with van der Waals surface area (Å²) in [5, 5.41) is 9.29. The van der Waals surface area contributed by atoms with Crippen LogP contribution in [0.25, 0.3) is 22.3 Å². The van der Waals surface area contributed by atoms with Crippen molar-refractivity contribution in [1.82, 2.24) is 0 Å². The summed E-state index contributed by atoms with van der Waals surface area (Å²) in [5.41, 5.74) is 9.68. The maximum absolute atomic E-state index is 7.72. The summed E-state index contributed by atoms with van der Waals surface area (Å²) in [5.74, 6) is 0.758. The Balaban J connectivity index is 2.45. The van der Waals surface area contributed by atoms with Crippen molar-refractivity contribution < 1.29 is 4.42 Å². The molecule has 3 N–H and O–H groups in total. The second-order valence-electron chi connectivity index (χ2n) is 4.80. The van der Waals surface area contributed by atoms with Gasteiger partial charge in [-0.15, -0.1) is 0 Å². The minimum Gasteiger partial charge on any atom is -0.456 e. The molecule has 1 aliphatic carbocycles. The molecule has 1 aromatic carbocycles. The Labute approximate surface area is 111 Å². The van der Waals surface area contributed by atoms with Gasteiger partial charge in [-0.1, -0.05) is 13.3 Å². The number of hydrogen-bond acceptors (Lipinski definition) is 3. The lowest BCUT2D eigenvalue weighted by atomic mass is 9.96. The highest BCUT2D eigenvalue weighted by molar-refractivity contribution is 5.89. The molecule has 0 atom stereocenters. The largest absolute Gasteiger partial charge is 0.456 e. The summed E-state index contributed by atoms with van der Waals surface area (Å²) < 4.78 is 5.89. The molecule has 3 rings (SSSR count). The smallest absolute Gasteiger partial charge is 0.137 e. The zero-order chi connectivity index (χ0) is 13.4. The summed E-state index contributed by atoms with van der Waals surface area (Å²) >= 11 is 0. The van der Waals surface area contributed by atoms with Crippen LogP contribution < -0.4 is 11.1 Å². The first-order valence-electron chi connectivity index (χ1n) is 6.48. The van der Waals surface area contributed by atoms with Crippen LogP contribution in [0, 0.1) is 5.41 Å². The maximum atomic E-state index is 7.72. The fourth-order valence-electron chi connectivity index (χ4n) is 2.51. The van der Waals surface area contributed by atoms with Crippen molar-refractivity contribution in [2.45, 2.75) is 19.8 Å². The molecule has 1 aromatic rings. The molecule has 0 unspecified atom stereocenters. The second kappa shape index (κ2) is 4.43. The van der Waals surface area contributed by atoms with Gasteiger partial charge < -0.3 is 15.6 Å². The maximum Gasteiger partial charge on any atom is 0.137 e. The van der Waals surface area contributed by atoms with Crippen LogP contribution in [-0.2, 0) is 6.42 Å². The predicted molar refractivity (Wildman–Crippen MR) is 77.1 cm³/mol. The van der Waals surface area contributed by atoms with Gasteiger partial charge in [0.2, 0.25) is 0 Å². The zero-order valence-electron chi connectivity index (χ0n) is 10.9. The lowest BCUT2D eigenvalue weighted by molar-refractivity contribution is 0.615. The van der Waals surface area contributed by atoms with Crippen LogP contribution in [0.4, 0.5) is 5.69 Å². The van der Waals surface area contributed by atoms with Gasteiger partial charge in [0.15, 0.2) is 0 Å². The Hall–Kier alpha value is -2.29. The van der Waals surface area contributed by atoms with Gasteiger partial charge in [-0.2, -0.15) is 0 Å². The third-order valence-corrected chi connectivity index (χ3v) is 3.36. The summed E-state index contributed by atoms with van der Waals surface area (Å²) in [6.07, 6.45) is 2.06. The second-order valence-corrected chi connectivity index (χ2v) is 4.80. The van der Waals surface area contributed by atoms with Crippen LogP contribution in [0.15, 0.2) is 40.8 Å². The van der Waals surface area contributed by atoms with Gasteiger partial charge in [-0.25, -0.2) is 0 Å². The van der Waals surface area contributed by atoms with Gasteiger partial charge in [-0.05, 0) is 36.2 Å². The summed E-state index contributed by atoms with van der Waals surface area (Å²) in [6.45, 7) is 2.16. The van der Waals surface area contributed by atoms with E-state index in [0.29, 0.717) is 11.0 Å². The van der Waals surface area contributed by atoms with Gasteiger partial charge in [0.05, 0.1) is 5.36 Å². The molecule has 96 valence electrons. The van der Waals surface area contributed by atoms with Gasteiger partial charge in [0.1, 0.15) is 11.3 Å². The van der Waals surface area contributed by atoms with E-state index >= 15 is 0 Å². The van der Waals surface area contributed by atoms with Crippen molar-refractivity contribution >= 4 is 16.7 Å². The molecule has 0 spiro atoms. The van der Waals surface area contributed by atoms with E-state index in [4.69, 9.17) is 15.6 Å². The van der Waals surface area contributed by atoms with Crippen molar-refractivity contribution in [2.24, 2.45) is 0 Å². The van der Waals surface area contributed by atoms with E-state index in [0.717, 1.165) is 35.1 Å². The van der Waals surface area contributed by atoms with Crippen LogP contribution in [-0.4, -0.2) is 0 Å². The number of nitrogens with one attached hydrogen (secondary N) is 1. The van der Waals surface area contributed by atoms with E-state index in [-0.39, 0.29) is 0 Å². The fraction of sp³-hybridized carbons (Fsp3) is 0.188. The molecule has 0 aromatic heterocycles. The molecular formula is C16H16N2O. The number of nitrogen functional groups attached to an aromatic ring is 1. The van der Waals surface area contributed by atoms with Gasteiger partial charge in [-0.3, -0.25) is 0 Å². The first-order valence-corrected chi connectivity index (χ1v) is 6.48.